The molecule has 0 radical (unpaired) electrons. The molecule has 12 heteroatoms. The van der Waals surface area contributed by atoms with E-state index < -0.39 is 50.8 Å². The van der Waals surface area contributed by atoms with E-state index in [2.05, 4.69) is 0 Å². The SMILES string of the molecule is CCS(=O)(=O)c1cccc(C2=C(c3ccc(C(F)(F)F)cc3)CCN(C=O)C2)c1OCC(F)(F)F. The predicted molar refractivity (Wildman–Crippen MR) is 116 cm³/mol. The van der Waals surface area contributed by atoms with Crippen molar-refractivity contribution in [2.75, 3.05) is 25.4 Å². The molecule has 0 aromatic heterocycles. The Kier molecular flexibility index (Phi) is 7.53. The van der Waals surface area contributed by atoms with E-state index in [0.29, 0.717) is 17.5 Å². The fourth-order valence-electron chi connectivity index (χ4n) is 3.76. The second kappa shape index (κ2) is 9.92. The highest BCUT2D eigenvalue weighted by atomic mass is 32.2. The molecule has 190 valence electrons. The Bertz CT molecular complexity index is 1220. The van der Waals surface area contributed by atoms with Crippen LogP contribution in [0.3, 0.4) is 0 Å². The molecule has 0 fully saturated rings. The standard InChI is InChI=1S/C23H21F6NO4S/c1-2-35(32,33)20-5-3-4-18(21(20)34-13-22(24,25)26)19-12-30(14-31)11-10-17(19)15-6-8-16(9-7-15)23(27,28)29/h3-9,14H,2,10-13H2,1H3. The molecule has 1 aliphatic rings. The van der Waals surface area contributed by atoms with Crippen molar-refractivity contribution in [2.45, 2.75) is 30.6 Å². The molecule has 35 heavy (non-hydrogen) atoms. The monoisotopic (exact) mass is 521 g/mol. The van der Waals surface area contributed by atoms with Gasteiger partial charge in [0.05, 0.1) is 11.3 Å². The summed E-state index contributed by atoms with van der Waals surface area (Å²) in [5, 5.41) is 0. The minimum absolute atomic E-state index is 0.0187. The number of rotatable bonds is 7. The van der Waals surface area contributed by atoms with Crippen LogP contribution in [0.4, 0.5) is 26.3 Å². The van der Waals surface area contributed by atoms with Gasteiger partial charge in [0.25, 0.3) is 0 Å². The maximum atomic E-state index is 13.0. The van der Waals surface area contributed by atoms with Crippen LogP contribution in [0.5, 0.6) is 5.75 Å². The number of nitrogens with zero attached hydrogens (tertiary/aromatic N) is 1. The summed E-state index contributed by atoms with van der Waals surface area (Å²) in [6, 6.07) is 8.07. The summed E-state index contributed by atoms with van der Waals surface area (Å²) < 4.78 is 108. The number of amides is 1. The fourth-order valence-corrected chi connectivity index (χ4v) is 4.81. The van der Waals surface area contributed by atoms with Gasteiger partial charge in [-0.2, -0.15) is 26.3 Å². The summed E-state index contributed by atoms with van der Waals surface area (Å²) in [4.78, 5) is 12.3. The molecule has 0 saturated carbocycles. The van der Waals surface area contributed by atoms with Crippen LogP contribution in [-0.4, -0.2) is 51.4 Å². The van der Waals surface area contributed by atoms with Crippen LogP contribution in [0.1, 0.15) is 30.0 Å². The van der Waals surface area contributed by atoms with Crippen molar-refractivity contribution in [3.8, 4) is 5.75 Å². The fraction of sp³-hybridized carbons (Fsp3) is 0.348. The van der Waals surface area contributed by atoms with Crippen LogP contribution in [0.25, 0.3) is 11.1 Å². The first-order chi connectivity index (χ1) is 16.3. The molecule has 3 rings (SSSR count). The van der Waals surface area contributed by atoms with Gasteiger partial charge in [-0.25, -0.2) is 8.42 Å². The van der Waals surface area contributed by atoms with E-state index in [9.17, 15) is 39.6 Å². The summed E-state index contributed by atoms with van der Waals surface area (Å²) in [5.41, 5.74) is 0.265. The lowest BCUT2D eigenvalue weighted by Gasteiger charge is -2.30. The second-order valence-corrected chi connectivity index (χ2v) is 10.0. The Morgan fingerprint density at radius 3 is 2.20 bits per heavy atom. The van der Waals surface area contributed by atoms with Gasteiger partial charge in [-0.1, -0.05) is 31.2 Å². The Morgan fingerprint density at radius 2 is 1.66 bits per heavy atom. The minimum atomic E-state index is -4.76. The van der Waals surface area contributed by atoms with Gasteiger partial charge in [0, 0.05) is 18.7 Å². The number of sulfone groups is 1. The topological polar surface area (TPSA) is 63.7 Å². The van der Waals surface area contributed by atoms with E-state index in [4.69, 9.17) is 4.74 Å². The lowest BCUT2D eigenvalue weighted by molar-refractivity contribution is -0.153. The lowest BCUT2D eigenvalue weighted by atomic mass is 9.88. The quantitative estimate of drug-likeness (QED) is 0.371. The summed E-state index contributed by atoms with van der Waals surface area (Å²) in [6.07, 6.45) is -8.60. The number of para-hydroxylation sites is 1. The van der Waals surface area contributed by atoms with Gasteiger partial charge in [0.2, 0.25) is 6.41 Å². The molecular formula is C23H21F6NO4S. The molecule has 0 spiro atoms. The predicted octanol–water partition coefficient (Wildman–Crippen LogP) is 5.21. The first-order valence-corrected chi connectivity index (χ1v) is 12.1. The number of carbonyl (C=O) groups is 1. The molecule has 1 heterocycles. The molecule has 1 amide bonds. The maximum Gasteiger partial charge on any atom is 0.422 e. The second-order valence-electron chi connectivity index (χ2n) is 7.80. The van der Waals surface area contributed by atoms with Crippen molar-refractivity contribution in [2.24, 2.45) is 0 Å². The molecule has 0 saturated heterocycles. The Labute approximate surface area is 197 Å². The number of carbonyl (C=O) groups excluding carboxylic acids is 1. The third kappa shape index (κ3) is 6.16. The highest BCUT2D eigenvalue weighted by Gasteiger charge is 2.33. The van der Waals surface area contributed by atoms with Gasteiger partial charge in [0.15, 0.2) is 16.4 Å². The zero-order valence-electron chi connectivity index (χ0n) is 18.4. The molecule has 2 aromatic rings. The number of benzene rings is 2. The normalized spacial score (nSPS) is 15.3. The molecule has 0 bridgehead atoms. The van der Waals surface area contributed by atoms with E-state index in [1.165, 1.54) is 36.1 Å². The van der Waals surface area contributed by atoms with E-state index in [1.807, 2.05) is 0 Å². The molecule has 0 unspecified atom stereocenters. The zero-order chi connectivity index (χ0) is 26.0. The van der Waals surface area contributed by atoms with Crippen molar-refractivity contribution in [3.63, 3.8) is 0 Å². The largest absolute Gasteiger partial charge is 0.482 e. The molecule has 1 aliphatic heterocycles. The Hall–Kier alpha value is -3.02. The number of alkyl halides is 6. The van der Waals surface area contributed by atoms with E-state index in [1.54, 1.807) is 0 Å². The van der Waals surface area contributed by atoms with Crippen molar-refractivity contribution in [1.82, 2.24) is 4.90 Å². The Balaban J connectivity index is 2.25. The van der Waals surface area contributed by atoms with Crippen molar-refractivity contribution < 1.29 is 44.3 Å². The smallest absolute Gasteiger partial charge is 0.422 e. The first-order valence-electron chi connectivity index (χ1n) is 10.4. The van der Waals surface area contributed by atoms with Crippen LogP contribution in [-0.2, 0) is 20.8 Å². The van der Waals surface area contributed by atoms with Gasteiger partial charge in [-0.3, -0.25) is 4.79 Å². The van der Waals surface area contributed by atoms with Gasteiger partial charge >= 0.3 is 12.4 Å². The highest BCUT2D eigenvalue weighted by molar-refractivity contribution is 7.91. The number of ether oxygens (including phenoxy) is 1. The molecule has 0 atom stereocenters. The number of hydrogen-bond donors (Lipinski definition) is 0. The van der Waals surface area contributed by atoms with E-state index in [-0.39, 0.29) is 30.6 Å². The zero-order valence-corrected chi connectivity index (χ0v) is 19.2. The van der Waals surface area contributed by atoms with Crippen LogP contribution < -0.4 is 4.74 Å². The third-order valence-electron chi connectivity index (χ3n) is 5.48. The van der Waals surface area contributed by atoms with E-state index in [0.717, 1.165) is 18.2 Å². The van der Waals surface area contributed by atoms with Gasteiger partial charge < -0.3 is 9.64 Å². The molecule has 0 aliphatic carbocycles. The lowest BCUT2D eigenvalue weighted by Crippen LogP contribution is -2.30. The van der Waals surface area contributed by atoms with Crippen molar-refractivity contribution in [3.05, 3.63) is 59.2 Å². The van der Waals surface area contributed by atoms with Crippen LogP contribution >= 0.6 is 0 Å². The molecule has 0 N–H and O–H groups in total. The third-order valence-corrected chi connectivity index (χ3v) is 7.24. The summed E-state index contributed by atoms with van der Waals surface area (Å²) in [5.74, 6) is -0.914. The first kappa shape index (κ1) is 26.6. The number of hydrogen-bond acceptors (Lipinski definition) is 4. The molecule has 5 nitrogen and oxygen atoms in total. The van der Waals surface area contributed by atoms with E-state index >= 15 is 0 Å². The van der Waals surface area contributed by atoms with Gasteiger partial charge in [-0.15, -0.1) is 0 Å². The highest BCUT2D eigenvalue weighted by Crippen LogP contribution is 2.41. The van der Waals surface area contributed by atoms with Gasteiger partial charge in [-0.05, 0) is 41.3 Å². The Morgan fingerprint density at radius 1 is 1.00 bits per heavy atom. The summed E-state index contributed by atoms with van der Waals surface area (Å²) >= 11 is 0. The van der Waals surface area contributed by atoms with Crippen LogP contribution in [0, 0.1) is 0 Å². The van der Waals surface area contributed by atoms with Crippen LogP contribution in [0.2, 0.25) is 0 Å². The molecular weight excluding hydrogens is 500 g/mol. The average Bonchev–Trinajstić information content (AvgIpc) is 2.81. The summed E-state index contributed by atoms with van der Waals surface area (Å²) in [7, 11) is -4.00. The minimum Gasteiger partial charge on any atom is -0.482 e. The van der Waals surface area contributed by atoms with Crippen molar-refractivity contribution >= 4 is 27.4 Å². The maximum absolute atomic E-state index is 13.0. The van der Waals surface area contributed by atoms with Crippen molar-refractivity contribution in [1.29, 1.82) is 0 Å². The number of halogens is 6. The van der Waals surface area contributed by atoms with Crippen LogP contribution in [0.15, 0.2) is 47.4 Å². The summed E-state index contributed by atoms with van der Waals surface area (Å²) in [6.45, 7) is -0.305. The average molecular weight is 521 g/mol. The van der Waals surface area contributed by atoms with Gasteiger partial charge in [0.1, 0.15) is 10.6 Å². The molecule has 2 aromatic carbocycles.